The van der Waals surface area contributed by atoms with Crippen LogP contribution >= 0.6 is 0 Å². The van der Waals surface area contributed by atoms with Gasteiger partial charge in [-0.2, -0.15) is 18.3 Å². The average molecular weight is 996 g/mol. The largest absolute Gasteiger partial charge is 0.485 e. The van der Waals surface area contributed by atoms with Crippen LogP contribution in [0.15, 0.2) is 77.7 Å². The first kappa shape index (κ1) is 51.8. The molecule has 3 aromatic heterocycles. The van der Waals surface area contributed by atoms with Gasteiger partial charge < -0.3 is 25.5 Å². The molecule has 6 amide bonds. The van der Waals surface area contributed by atoms with Crippen LogP contribution in [0, 0.1) is 0 Å². The topological polar surface area (TPSA) is 268 Å². The predicted molar refractivity (Wildman–Crippen MR) is 252 cm³/mol. The van der Waals surface area contributed by atoms with Crippen molar-refractivity contribution in [3.63, 3.8) is 0 Å². The number of alkyl halides is 3. The predicted octanol–water partition coefficient (Wildman–Crippen LogP) is 7.55. The van der Waals surface area contributed by atoms with Crippen LogP contribution in [0.3, 0.4) is 0 Å². The van der Waals surface area contributed by atoms with E-state index in [4.69, 9.17) is 14.9 Å². The standard InChI is InChI=1S/C50H52F3N9O10/c51-50(52,53)29-56-40-25-31(23-24-55-40)47-58-36(28-72-47)45(67)57-35-26-61(60-43(35)44(54)66)32-19-17-30(18-20-32)38(64)15-11-9-7-5-3-1-2-4-6-8-10-13-33(63)27-71-39-16-12-14-34-42(39)49(70)62(48(34)69)37-21-22-41(65)59-46(37)68/h12,14,16-20,23-26,28,37H,1-11,13,15,21-22,27,29H2,(H2,54,66)(H,55,56)(H,57,67)(H,59,65,68). The summed E-state index contributed by atoms with van der Waals surface area (Å²) in [5.41, 5.74) is 6.44. The van der Waals surface area contributed by atoms with Crippen molar-refractivity contribution in [1.29, 1.82) is 0 Å². The van der Waals surface area contributed by atoms with Gasteiger partial charge in [-0.15, -0.1) is 0 Å². The van der Waals surface area contributed by atoms with Crippen molar-refractivity contribution in [3.05, 3.63) is 101 Å². The highest BCUT2D eigenvalue weighted by Gasteiger charge is 2.46. The molecule has 0 saturated carbocycles. The van der Waals surface area contributed by atoms with E-state index in [1.54, 1.807) is 30.3 Å². The molecule has 1 fully saturated rings. The van der Waals surface area contributed by atoms with E-state index in [-0.39, 0.29) is 82.2 Å². The second kappa shape index (κ2) is 23.7. The molecule has 5 heterocycles. The summed E-state index contributed by atoms with van der Waals surface area (Å²) in [6.45, 7) is -1.55. The van der Waals surface area contributed by atoms with Crippen molar-refractivity contribution in [2.75, 3.05) is 23.8 Å². The third kappa shape index (κ3) is 13.4. The fourth-order valence-electron chi connectivity index (χ4n) is 8.31. The molecule has 5 aromatic rings. The highest BCUT2D eigenvalue weighted by molar-refractivity contribution is 6.24. The summed E-state index contributed by atoms with van der Waals surface area (Å²) in [6.07, 6.45) is 10.7. The number of nitrogens with zero attached hydrogens (tertiary/aromatic N) is 5. The number of nitrogens with one attached hydrogen (secondary N) is 3. The Morgan fingerprint density at radius 1 is 0.861 bits per heavy atom. The number of carbonyl (C=O) groups is 8. The number of ether oxygens (including phenoxy) is 1. The van der Waals surface area contributed by atoms with Gasteiger partial charge in [-0.05, 0) is 67.8 Å². The number of Topliss-reactive ketones (excluding diaryl/α,β-unsaturated/α-hetero) is 2. The van der Waals surface area contributed by atoms with E-state index < -0.39 is 54.2 Å². The highest BCUT2D eigenvalue weighted by atomic mass is 19.4. The van der Waals surface area contributed by atoms with E-state index >= 15 is 0 Å². The smallest absolute Gasteiger partial charge is 0.405 e. The van der Waals surface area contributed by atoms with Crippen LogP contribution in [-0.2, 0) is 14.4 Å². The van der Waals surface area contributed by atoms with Crippen LogP contribution in [0.25, 0.3) is 17.1 Å². The quantitative estimate of drug-likeness (QED) is 0.0237. The Labute approximate surface area is 410 Å². The van der Waals surface area contributed by atoms with Crippen LogP contribution in [0.5, 0.6) is 5.75 Å². The number of oxazole rings is 1. The Hall–Kier alpha value is -8.04. The SMILES string of the molecule is NC(=O)c1nn(-c2ccc(C(=O)CCCCCCCCCCCCCC(=O)COc3cccc4c3C(=O)N(C3CCC(=O)NC3=O)C4=O)cc2)cc1NC(=O)c1coc(-c2ccnc(NCC(F)(F)F)c2)n1. The lowest BCUT2D eigenvalue weighted by Gasteiger charge is -2.27. The van der Waals surface area contributed by atoms with Gasteiger partial charge in [0.1, 0.15) is 37.0 Å². The van der Waals surface area contributed by atoms with Gasteiger partial charge in [-0.25, -0.2) is 14.6 Å². The van der Waals surface area contributed by atoms with E-state index in [2.05, 4.69) is 31.0 Å². The van der Waals surface area contributed by atoms with Crippen LogP contribution in [-0.4, -0.2) is 97.0 Å². The zero-order chi connectivity index (χ0) is 51.4. The van der Waals surface area contributed by atoms with Crippen LogP contribution in [0.1, 0.15) is 148 Å². The molecule has 2 aromatic carbocycles. The number of benzene rings is 2. The summed E-state index contributed by atoms with van der Waals surface area (Å²) in [6, 6.07) is 12.8. The minimum atomic E-state index is -4.46. The number of piperidine rings is 1. The zero-order valence-corrected chi connectivity index (χ0v) is 39.1. The molecule has 1 unspecified atom stereocenters. The van der Waals surface area contributed by atoms with Gasteiger partial charge in [0, 0.05) is 36.6 Å². The van der Waals surface area contributed by atoms with E-state index in [9.17, 15) is 51.5 Å². The Balaban J connectivity index is 0.741. The summed E-state index contributed by atoms with van der Waals surface area (Å²) in [4.78, 5) is 110. The summed E-state index contributed by atoms with van der Waals surface area (Å²) in [5.74, 6) is -4.37. The van der Waals surface area contributed by atoms with Crippen molar-refractivity contribution in [2.45, 2.75) is 109 Å². The monoisotopic (exact) mass is 995 g/mol. The third-order valence-electron chi connectivity index (χ3n) is 12.0. The van der Waals surface area contributed by atoms with E-state index in [1.807, 2.05) is 0 Å². The van der Waals surface area contributed by atoms with E-state index in [0.29, 0.717) is 30.5 Å². The number of rotatable bonds is 26. The molecule has 22 heteroatoms. The maximum atomic E-state index is 13.2. The molecule has 0 radical (unpaired) electrons. The summed E-state index contributed by atoms with van der Waals surface area (Å²) in [5, 5.41) is 11.1. The number of ketones is 2. The van der Waals surface area contributed by atoms with E-state index in [0.717, 1.165) is 75.4 Å². The number of fused-ring (bicyclic) bond motifs is 1. The molecular weight excluding hydrogens is 944 g/mol. The van der Waals surface area contributed by atoms with Crippen molar-refractivity contribution in [3.8, 4) is 22.9 Å². The molecule has 1 atom stereocenters. The minimum absolute atomic E-state index is 0.0102. The number of hydrogen-bond acceptors (Lipinski definition) is 14. The first-order chi connectivity index (χ1) is 34.6. The zero-order valence-electron chi connectivity index (χ0n) is 39.1. The fraction of sp³-hybridized carbons (Fsp3) is 0.380. The van der Waals surface area contributed by atoms with Gasteiger partial charge in [0.15, 0.2) is 23.0 Å². The Morgan fingerprint density at radius 3 is 2.21 bits per heavy atom. The molecule has 0 aliphatic carbocycles. The van der Waals surface area contributed by atoms with Crippen LogP contribution in [0.4, 0.5) is 24.7 Å². The normalized spacial score (nSPS) is 14.5. The summed E-state index contributed by atoms with van der Waals surface area (Å²) >= 11 is 0. The van der Waals surface area contributed by atoms with Gasteiger partial charge in [0.05, 0.1) is 28.7 Å². The second-order valence-electron chi connectivity index (χ2n) is 17.4. The number of amides is 6. The first-order valence-corrected chi connectivity index (χ1v) is 23.6. The maximum Gasteiger partial charge on any atom is 0.405 e. The van der Waals surface area contributed by atoms with Crippen molar-refractivity contribution in [2.24, 2.45) is 5.73 Å². The molecule has 2 aliphatic heterocycles. The lowest BCUT2D eigenvalue weighted by molar-refractivity contribution is -0.136. The number of carbonyl (C=O) groups excluding carboxylic acids is 8. The van der Waals surface area contributed by atoms with Crippen LogP contribution < -0.4 is 26.4 Å². The lowest BCUT2D eigenvalue weighted by Crippen LogP contribution is -2.54. The number of pyridine rings is 1. The maximum absolute atomic E-state index is 13.2. The molecule has 2 aliphatic rings. The molecule has 0 spiro atoms. The van der Waals surface area contributed by atoms with Gasteiger partial charge in [0.2, 0.25) is 17.7 Å². The highest BCUT2D eigenvalue weighted by Crippen LogP contribution is 2.34. The van der Waals surface area contributed by atoms with Crippen molar-refractivity contribution in [1.82, 2.24) is 30.0 Å². The molecule has 72 heavy (non-hydrogen) atoms. The number of hydrogen-bond donors (Lipinski definition) is 4. The molecule has 7 rings (SSSR count). The second-order valence-corrected chi connectivity index (χ2v) is 17.4. The molecular formula is C50H52F3N9O10. The molecule has 0 bridgehead atoms. The Kier molecular flexibility index (Phi) is 17.1. The van der Waals surface area contributed by atoms with Crippen molar-refractivity contribution < 1.29 is 60.7 Å². The Morgan fingerprint density at radius 2 is 1.54 bits per heavy atom. The Bertz CT molecular complexity index is 2840. The molecule has 378 valence electrons. The first-order valence-electron chi connectivity index (χ1n) is 23.6. The molecule has 1 saturated heterocycles. The third-order valence-corrected chi connectivity index (χ3v) is 12.0. The number of unbranched alkanes of at least 4 members (excludes halogenated alkanes) is 10. The lowest BCUT2D eigenvalue weighted by atomic mass is 10.0. The fourth-order valence-corrected chi connectivity index (χ4v) is 8.31. The number of halogens is 3. The van der Waals surface area contributed by atoms with Crippen molar-refractivity contribution >= 4 is 58.5 Å². The summed E-state index contributed by atoms with van der Waals surface area (Å²) < 4.78 is 50.3. The average Bonchev–Trinajstić information content (AvgIpc) is 4.09. The number of aromatic nitrogens is 4. The van der Waals surface area contributed by atoms with Crippen LogP contribution in [0.2, 0.25) is 0 Å². The van der Waals surface area contributed by atoms with Gasteiger partial charge in [-0.3, -0.25) is 48.6 Å². The van der Waals surface area contributed by atoms with Gasteiger partial charge in [0.25, 0.3) is 23.6 Å². The number of nitrogens with two attached hydrogens (primary N) is 1. The number of imide groups is 2. The van der Waals surface area contributed by atoms with Gasteiger partial charge >= 0.3 is 6.18 Å². The van der Waals surface area contributed by atoms with E-state index in [1.165, 1.54) is 41.3 Å². The van der Waals surface area contributed by atoms with Gasteiger partial charge in [-0.1, -0.05) is 63.9 Å². The minimum Gasteiger partial charge on any atom is -0.485 e. The molecule has 19 nitrogen and oxygen atoms in total. The number of anilines is 2. The summed E-state index contributed by atoms with van der Waals surface area (Å²) in [7, 11) is 0. The molecule has 5 N–H and O–H groups in total. The number of primary amides is 1.